The van der Waals surface area contributed by atoms with Crippen molar-refractivity contribution in [1.82, 2.24) is 9.78 Å². The topological polar surface area (TPSA) is 44.1 Å². The third-order valence-corrected chi connectivity index (χ3v) is 2.94. The molecule has 2 rings (SSSR count). The molecule has 0 radical (unpaired) electrons. The Morgan fingerprint density at radius 3 is 2.83 bits per heavy atom. The molecule has 4 nitrogen and oxygen atoms in total. The van der Waals surface area contributed by atoms with Gasteiger partial charge in [0.2, 0.25) is 0 Å². The highest BCUT2D eigenvalue weighted by atomic mass is 35.5. The lowest BCUT2D eigenvalue weighted by Gasteiger charge is -2.06. The molecule has 0 bridgehead atoms. The van der Waals surface area contributed by atoms with Gasteiger partial charge in [0.15, 0.2) is 5.15 Å². The van der Waals surface area contributed by atoms with E-state index in [1.807, 2.05) is 10.7 Å². The molecular formula is C13H15ClN2O2. The lowest BCUT2D eigenvalue weighted by atomic mass is 10.1. The zero-order valence-electron chi connectivity index (χ0n) is 10.6. The smallest absolute Gasteiger partial charge is 0.337 e. The minimum absolute atomic E-state index is 0.371. The molecule has 2 aromatic rings. The number of hydrogen-bond acceptors (Lipinski definition) is 3. The van der Waals surface area contributed by atoms with Crippen molar-refractivity contribution >= 4 is 28.5 Å². The zero-order valence-corrected chi connectivity index (χ0v) is 11.4. The first-order valence-corrected chi connectivity index (χ1v) is 6.15. The third kappa shape index (κ3) is 2.34. The molecule has 1 aromatic heterocycles. The van der Waals surface area contributed by atoms with Crippen LogP contribution in [0, 0.1) is 5.92 Å². The summed E-state index contributed by atoms with van der Waals surface area (Å²) in [5.74, 6) is 0.106. The van der Waals surface area contributed by atoms with Crippen LogP contribution in [0.4, 0.5) is 0 Å². The molecule has 5 heteroatoms. The SMILES string of the molecule is COC(=O)c1ccc2c(c1)c(Cl)nn2CC(C)C. The first-order chi connectivity index (χ1) is 8.52. The summed E-state index contributed by atoms with van der Waals surface area (Å²) < 4.78 is 6.55. The summed E-state index contributed by atoms with van der Waals surface area (Å²) in [5.41, 5.74) is 1.41. The number of benzene rings is 1. The monoisotopic (exact) mass is 266 g/mol. The molecule has 96 valence electrons. The van der Waals surface area contributed by atoms with E-state index in [1.54, 1.807) is 12.1 Å². The predicted octanol–water partition coefficient (Wildman–Crippen LogP) is 3.13. The van der Waals surface area contributed by atoms with E-state index in [4.69, 9.17) is 11.6 Å². The second-order valence-electron chi connectivity index (χ2n) is 4.59. The molecule has 1 heterocycles. The number of esters is 1. The maximum atomic E-state index is 11.5. The number of hydrogen-bond donors (Lipinski definition) is 0. The molecule has 0 N–H and O–H groups in total. The van der Waals surface area contributed by atoms with Crippen molar-refractivity contribution in [3.8, 4) is 0 Å². The van der Waals surface area contributed by atoms with E-state index in [0.29, 0.717) is 16.6 Å². The number of fused-ring (bicyclic) bond motifs is 1. The predicted molar refractivity (Wildman–Crippen MR) is 70.9 cm³/mol. The van der Waals surface area contributed by atoms with Gasteiger partial charge in [-0.15, -0.1) is 0 Å². The van der Waals surface area contributed by atoms with Crippen LogP contribution in [0.1, 0.15) is 24.2 Å². The highest BCUT2D eigenvalue weighted by molar-refractivity contribution is 6.34. The summed E-state index contributed by atoms with van der Waals surface area (Å²) in [7, 11) is 1.36. The molecule has 0 amide bonds. The highest BCUT2D eigenvalue weighted by Gasteiger charge is 2.13. The zero-order chi connectivity index (χ0) is 13.3. The Hall–Kier alpha value is -1.55. The van der Waals surface area contributed by atoms with Crippen LogP contribution in [-0.2, 0) is 11.3 Å². The highest BCUT2D eigenvalue weighted by Crippen LogP contribution is 2.25. The standard InChI is InChI=1S/C13H15ClN2O2/c1-8(2)7-16-11-5-4-9(13(17)18-3)6-10(11)12(14)15-16/h4-6,8H,7H2,1-3H3. The van der Waals surface area contributed by atoms with E-state index in [2.05, 4.69) is 23.7 Å². The average Bonchev–Trinajstić information content (AvgIpc) is 2.64. The number of carbonyl (C=O) groups is 1. The van der Waals surface area contributed by atoms with E-state index < -0.39 is 0 Å². The van der Waals surface area contributed by atoms with E-state index >= 15 is 0 Å². The van der Waals surface area contributed by atoms with Crippen molar-refractivity contribution < 1.29 is 9.53 Å². The molecule has 0 aliphatic rings. The van der Waals surface area contributed by atoms with E-state index in [1.165, 1.54) is 7.11 Å². The van der Waals surface area contributed by atoms with Gasteiger partial charge in [0.1, 0.15) is 0 Å². The fraction of sp³-hybridized carbons (Fsp3) is 0.385. The quantitative estimate of drug-likeness (QED) is 0.802. The van der Waals surface area contributed by atoms with Gasteiger partial charge in [-0.2, -0.15) is 5.10 Å². The van der Waals surface area contributed by atoms with Crippen LogP contribution in [0.2, 0.25) is 5.15 Å². The van der Waals surface area contributed by atoms with Gasteiger partial charge in [0, 0.05) is 11.9 Å². The Morgan fingerprint density at radius 1 is 1.50 bits per heavy atom. The fourth-order valence-electron chi connectivity index (χ4n) is 1.87. The van der Waals surface area contributed by atoms with E-state index in [9.17, 15) is 4.79 Å². The number of nitrogens with zero attached hydrogens (tertiary/aromatic N) is 2. The van der Waals surface area contributed by atoms with Crippen LogP contribution < -0.4 is 0 Å². The molecule has 0 aliphatic carbocycles. The molecule has 0 unspecified atom stereocenters. The largest absolute Gasteiger partial charge is 0.465 e. The molecule has 1 aromatic carbocycles. The van der Waals surface area contributed by atoms with Gasteiger partial charge in [0.25, 0.3) is 0 Å². The fourth-order valence-corrected chi connectivity index (χ4v) is 2.11. The number of aromatic nitrogens is 2. The van der Waals surface area contributed by atoms with Crippen molar-refractivity contribution in [2.24, 2.45) is 5.92 Å². The number of rotatable bonds is 3. The van der Waals surface area contributed by atoms with Crippen LogP contribution in [-0.4, -0.2) is 22.9 Å². The van der Waals surface area contributed by atoms with Gasteiger partial charge in [-0.1, -0.05) is 25.4 Å². The van der Waals surface area contributed by atoms with Crippen molar-refractivity contribution in [2.45, 2.75) is 20.4 Å². The Labute approximate surface area is 110 Å². The molecule has 0 saturated heterocycles. The Bertz CT molecular complexity index is 590. The Morgan fingerprint density at radius 2 is 2.22 bits per heavy atom. The summed E-state index contributed by atoms with van der Waals surface area (Å²) in [6, 6.07) is 5.29. The van der Waals surface area contributed by atoms with Crippen LogP contribution in [0.15, 0.2) is 18.2 Å². The third-order valence-electron chi connectivity index (χ3n) is 2.66. The minimum atomic E-state index is -0.371. The lowest BCUT2D eigenvalue weighted by molar-refractivity contribution is 0.0601. The van der Waals surface area contributed by atoms with Crippen molar-refractivity contribution in [3.05, 3.63) is 28.9 Å². The van der Waals surface area contributed by atoms with E-state index in [-0.39, 0.29) is 5.97 Å². The summed E-state index contributed by atoms with van der Waals surface area (Å²) >= 11 is 6.10. The lowest BCUT2D eigenvalue weighted by Crippen LogP contribution is -2.06. The van der Waals surface area contributed by atoms with Crippen molar-refractivity contribution in [1.29, 1.82) is 0 Å². The van der Waals surface area contributed by atoms with Gasteiger partial charge >= 0.3 is 5.97 Å². The number of carbonyl (C=O) groups excluding carboxylic acids is 1. The normalized spacial score (nSPS) is 11.2. The summed E-state index contributed by atoms with van der Waals surface area (Å²) in [6.45, 7) is 5.02. The number of ether oxygens (including phenoxy) is 1. The maximum Gasteiger partial charge on any atom is 0.337 e. The van der Waals surface area contributed by atoms with Gasteiger partial charge in [-0.25, -0.2) is 4.79 Å². The van der Waals surface area contributed by atoms with E-state index in [0.717, 1.165) is 17.4 Å². The van der Waals surface area contributed by atoms with Crippen LogP contribution in [0.3, 0.4) is 0 Å². The van der Waals surface area contributed by atoms with Gasteiger partial charge in [-0.05, 0) is 24.1 Å². The van der Waals surface area contributed by atoms with Crippen molar-refractivity contribution in [2.75, 3.05) is 7.11 Å². The van der Waals surface area contributed by atoms with Gasteiger partial charge < -0.3 is 4.74 Å². The average molecular weight is 267 g/mol. The second-order valence-corrected chi connectivity index (χ2v) is 4.95. The van der Waals surface area contributed by atoms with Crippen molar-refractivity contribution in [3.63, 3.8) is 0 Å². The molecular weight excluding hydrogens is 252 g/mol. The minimum Gasteiger partial charge on any atom is -0.465 e. The van der Waals surface area contributed by atoms with Crippen LogP contribution >= 0.6 is 11.6 Å². The van der Waals surface area contributed by atoms with Crippen LogP contribution in [0.5, 0.6) is 0 Å². The second kappa shape index (κ2) is 4.98. The first kappa shape index (κ1) is 12.9. The number of halogens is 1. The molecule has 0 saturated carbocycles. The molecule has 0 fully saturated rings. The summed E-state index contributed by atoms with van der Waals surface area (Å²) in [6.07, 6.45) is 0. The molecule has 0 atom stereocenters. The van der Waals surface area contributed by atoms with Gasteiger partial charge in [-0.3, -0.25) is 4.68 Å². The first-order valence-electron chi connectivity index (χ1n) is 5.77. The van der Waals surface area contributed by atoms with Gasteiger partial charge in [0.05, 0.1) is 18.2 Å². The Kier molecular flexibility index (Phi) is 3.57. The molecule has 0 spiro atoms. The maximum absolute atomic E-state index is 11.5. The molecule has 0 aliphatic heterocycles. The molecule has 18 heavy (non-hydrogen) atoms. The summed E-state index contributed by atoms with van der Waals surface area (Å²) in [5, 5.41) is 5.48. The van der Waals surface area contributed by atoms with Crippen LogP contribution in [0.25, 0.3) is 10.9 Å². The number of methoxy groups -OCH3 is 1. The Balaban J connectivity index is 2.51. The summed E-state index contributed by atoms with van der Waals surface area (Å²) in [4.78, 5) is 11.5.